The number of hydrogen-bond acceptors (Lipinski definition) is 6. The predicted octanol–water partition coefficient (Wildman–Crippen LogP) is 3.02. The Hall–Kier alpha value is -3.68. The molecule has 0 amide bonds. The molecule has 0 saturated heterocycles. The lowest BCUT2D eigenvalue weighted by Gasteiger charge is -2.22. The van der Waals surface area contributed by atoms with Crippen LogP contribution in [0.4, 0.5) is 11.9 Å². The van der Waals surface area contributed by atoms with Crippen LogP contribution in [0.1, 0.15) is 24.0 Å². The number of aryl methyl sites for hydroxylation is 2. The predicted molar refractivity (Wildman–Crippen MR) is 127 cm³/mol. The fraction of sp³-hybridized carbons (Fsp3) is 0.333. The van der Waals surface area contributed by atoms with Crippen LogP contribution in [0, 0.1) is 13.8 Å². The van der Waals surface area contributed by atoms with Crippen molar-refractivity contribution >= 4 is 33.7 Å². The van der Waals surface area contributed by atoms with Gasteiger partial charge in [-0.05, 0) is 62.1 Å². The lowest BCUT2D eigenvalue weighted by atomic mass is 9.96. The Balaban J connectivity index is 1.74. The molecule has 0 unspecified atom stereocenters. The van der Waals surface area contributed by atoms with Crippen LogP contribution in [0.2, 0.25) is 0 Å². The van der Waals surface area contributed by atoms with Crippen LogP contribution in [0.5, 0.6) is 0 Å². The van der Waals surface area contributed by atoms with Crippen molar-refractivity contribution in [2.75, 3.05) is 23.7 Å². The van der Waals surface area contributed by atoms with Crippen molar-refractivity contribution < 1.29 is 0 Å². The van der Waals surface area contributed by atoms with Gasteiger partial charge in [0, 0.05) is 37.3 Å². The van der Waals surface area contributed by atoms with Gasteiger partial charge in [-0.15, -0.1) is 0 Å². The highest BCUT2D eigenvalue weighted by Gasteiger charge is 2.21. The Morgan fingerprint density at radius 2 is 1.16 bits per heavy atom. The topological polar surface area (TPSA) is 93.8 Å². The molecule has 2 N–H and O–H groups in total. The van der Waals surface area contributed by atoms with Crippen LogP contribution in [0.15, 0.2) is 33.9 Å². The van der Waals surface area contributed by atoms with E-state index in [4.69, 9.17) is 9.97 Å². The number of nitrogens with zero attached hydrogens (tertiary/aromatic N) is 4. The molecule has 0 spiro atoms. The summed E-state index contributed by atoms with van der Waals surface area (Å²) in [4.78, 5) is 36.3. The van der Waals surface area contributed by atoms with Gasteiger partial charge in [-0.2, -0.15) is 0 Å². The fourth-order valence-electron chi connectivity index (χ4n) is 4.91. The third-order valence-corrected chi connectivity index (χ3v) is 6.38. The number of rotatable bonds is 1. The molecule has 0 aliphatic carbocycles. The number of hydrogen-bond donors (Lipinski definition) is 2. The summed E-state index contributed by atoms with van der Waals surface area (Å²) in [5.74, 6) is 1.20. The van der Waals surface area contributed by atoms with Gasteiger partial charge in [0.15, 0.2) is 0 Å². The molecule has 162 valence electrons. The number of anilines is 2. The average molecular weight is 428 g/mol. The zero-order valence-electron chi connectivity index (χ0n) is 18.2. The van der Waals surface area contributed by atoms with Crippen LogP contribution in [-0.4, -0.2) is 32.2 Å². The van der Waals surface area contributed by atoms with Crippen molar-refractivity contribution in [1.29, 1.82) is 0 Å². The minimum atomic E-state index is -0.0359. The molecule has 8 nitrogen and oxygen atoms in total. The number of benzene rings is 2. The summed E-state index contributed by atoms with van der Waals surface area (Å²) < 4.78 is 3.43. The van der Waals surface area contributed by atoms with Gasteiger partial charge in [-0.25, -0.2) is 9.97 Å². The molecule has 2 aromatic carbocycles. The fourth-order valence-corrected chi connectivity index (χ4v) is 4.91. The highest BCUT2D eigenvalue weighted by atomic mass is 16.1. The van der Waals surface area contributed by atoms with E-state index in [2.05, 4.69) is 10.6 Å². The molecule has 0 fully saturated rings. The lowest BCUT2D eigenvalue weighted by Crippen LogP contribution is -2.30. The van der Waals surface area contributed by atoms with Crippen molar-refractivity contribution in [1.82, 2.24) is 19.1 Å². The van der Waals surface area contributed by atoms with Crippen molar-refractivity contribution in [3.05, 3.63) is 56.1 Å². The molecule has 2 aliphatic heterocycles. The SMILES string of the molecule is Cc1cc(-c2cc(C)cc3c(=O)n4c(nc23)NCCC4)c2nc3n(c(=O)c2c1)CCCN3. The Labute approximate surface area is 183 Å². The van der Waals surface area contributed by atoms with Crippen LogP contribution in [0.25, 0.3) is 32.9 Å². The van der Waals surface area contributed by atoms with Gasteiger partial charge in [0.05, 0.1) is 21.8 Å². The molecule has 8 heteroatoms. The zero-order chi connectivity index (χ0) is 22.0. The van der Waals surface area contributed by atoms with Gasteiger partial charge in [0.25, 0.3) is 11.1 Å². The van der Waals surface area contributed by atoms with Gasteiger partial charge in [0.2, 0.25) is 11.9 Å². The molecule has 0 radical (unpaired) electrons. The molecule has 2 aliphatic rings. The monoisotopic (exact) mass is 428 g/mol. The summed E-state index contributed by atoms with van der Waals surface area (Å²) in [6.45, 7) is 6.88. The summed E-state index contributed by atoms with van der Waals surface area (Å²) in [5, 5.41) is 7.71. The van der Waals surface area contributed by atoms with Crippen LogP contribution >= 0.6 is 0 Å². The minimum Gasteiger partial charge on any atom is -0.355 e. The van der Waals surface area contributed by atoms with E-state index in [9.17, 15) is 9.59 Å². The summed E-state index contributed by atoms with van der Waals surface area (Å²) in [5.41, 5.74) is 4.80. The zero-order valence-corrected chi connectivity index (χ0v) is 18.2. The maximum absolute atomic E-state index is 13.3. The second-order valence-electron chi connectivity index (χ2n) is 8.76. The van der Waals surface area contributed by atoms with E-state index in [1.54, 1.807) is 9.13 Å². The average Bonchev–Trinajstić information content (AvgIpc) is 2.80. The summed E-state index contributed by atoms with van der Waals surface area (Å²) >= 11 is 0. The van der Waals surface area contributed by atoms with E-state index >= 15 is 0 Å². The standard InChI is InChI=1S/C24H24N6O2/c1-13-9-15(19-17(11-13)21(31)29-7-3-5-25-23(29)27-19)16-10-14(2)12-18-20(16)28-24-26-6-4-8-30(24)22(18)32/h9-12H,3-8H2,1-2H3,(H,25,27)(H,26,28). The molecule has 2 aromatic heterocycles. The van der Waals surface area contributed by atoms with E-state index in [0.717, 1.165) is 48.2 Å². The molecule has 4 heterocycles. The third-order valence-electron chi connectivity index (χ3n) is 6.38. The molecular weight excluding hydrogens is 404 g/mol. The van der Waals surface area contributed by atoms with Gasteiger partial charge in [-0.3, -0.25) is 18.7 Å². The lowest BCUT2D eigenvalue weighted by molar-refractivity contribution is 0.602. The molecule has 0 atom stereocenters. The second-order valence-corrected chi connectivity index (χ2v) is 8.76. The first-order valence-corrected chi connectivity index (χ1v) is 11.1. The Kier molecular flexibility index (Phi) is 4.11. The van der Waals surface area contributed by atoms with Crippen LogP contribution in [0.3, 0.4) is 0 Å². The number of nitrogens with one attached hydrogen (secondary N) is 2. The van der Waals surface area contributed by atoms with E-state index in [-0.39, 0.29) is 11.1 Å². The third kappa shape index (κ3) is 2.75. The maximum Gasteiger partial charge on any atom is 0.262 e. The first kappa shape index (κ1) is 19.0. The van der Waals surface area contributed by atoms with Crippen molar-refractivity contribution in [3.8, 4) is 11.1 Å². The van der Waals surface area contributed by atoms with E-state index < -0.39 is 0 Å². The van der Waals surface area contributed by atoms with Crippen LogP contribution in [-0.2, 0) is 13.1 Å². The molecule has 6 rings (SSSR count). The first-order chi connectivity index (χ1) is 15.5. The quantitative estimate of drug-likeness (QED) is 0.484. The minimum absolute atomic E-state index is 0.0359. The number of fused-ring (bicyclic) bond motifs is 4. The molecular formula is C24H24N6O2. The molecule has 0 saturated carbocycles. The Morgan fingerprint density at radius 3 is 1.59 bits per heavy atom. The van der Waals surface area contributed by atoms with E-state index in [1.807, 2.05) is 38.1 Å². The Morgan fingerprint density at radius 1 is 0.719 bits per heavy atom. The first-order valence-electron chi connectivity index (χ1n) is 11.1. The summed E-state index contributed by atoms with van der Waals surface area (Å²) in [7, 11) is 0. The van der Waals surface area contributed by atoms with Crippen molar-refractivity contribution in [3.63, 3.8) is 0 Å². The highest BCUT2D eigenvalue weighted by molar-refractivity contribution is 6.03. The van der Waals surface area contributed by atoms with Crippen molar-refractivity contribution in [2.45, 2.75) is 39.8 Å². The van der Waals surface area contributed by atoms with Gasteiger partial charge in [0.1, 0.15) is 0 Å². The summed E-state index contributed by atoms with van der Waals surface area (Å²) in [6, 6.07) is 7.88. The molecule has 32 heavy (non-hydrogen) atoms. The second kappa shape index (κ2) is 6.91. The van der Waals surface area contributed by atoms with Gasteiger partial charge in [-0.1, -0.05) is 0 Å². The maximum atomic E-state index is 13.3. The largest absolute Gasteiger partial charge is 0.355 e. The van der Waals surface area contributed by atoms with Gasteiger partial charge < -0.3 is 10.6 Å². The van der Waals surface area contributed by atoms with Crippen LogP contribution < -0.4 is 21.8 Å². The molecule has 4 aromatic rings. The van der Waals surface area contributed by atoms with Gasteiger partial charge >= 0.3 is 0 Å². The highest BCUT2D eigenvalue weighted by Crippen LogP contribution is 2.34. The van der Waals surface area contributed by atoms with Crippen molar-refractivity contribution in [2.24, 2.45) is 0 Å². The van der Waals surface area contributed by atoms with E-state index in [0.29, 0.717) is 46.8 Å². The normalized spacial score (nSPS) is 15.2. The smallest absolute Gasteiger partial charge is 0.262 e. The Bertz CT molecular complexity index is 1430. The molecule has 0 bridgehead atoms. The number of aromatic nitrogens is 4. The van der Waals surface area contributed by atoms with E-state index in [1.165, 1.54) is 0 Å². The summed E-state index contributed by atoms with van der Waals surface area (Å²) in [6.07, 6.45) is 1.79.